The second kappa shape index (κ2) is 9.08. The third-order valence-electron chi connectivity index (χ3n) is 5.32. The minimum Gasteiger partial charge on any atom is -0.465 e. The number of carbonyl (C=O) groups is 2. The maximum Gasteiger partial charge on any atom is 0.337 e. The van der Waals surface area contributed by atoms with Crippen LogP contribution in [0.1, 0.15) is 51.5 Å². The van der Waals surface area contributed by atoms with Gasteiger partial charge in [-0.3, -0.25) is 0 Å². The Bertz CT molecular complexity index is 1130. The number of fused-ring (bicyclic) bond motifs is 2. The first-order valence-corrected chi connectivity index (χ1v) is 10.3. The predicted molar refractivity (Wildman–Crippen MR) is 116 cm³/mol. The summed E-state index contributed by atoms with van der Waals surface area (Å²) in [5.74, 6) is 1.13. The molecule has 6 heteroatoms. The molecule has 6 nitrogen and oxygen atoms in total. The third-order valence-corrected chi connectivity index (χ3v) is 5.32. The van der Waals surface area contributed by atoms with Gasteiger partial charge >= 0.3 is 11.9 Å². The zero-order valence-corrected chi connectivity index (χ0v) is 17.6. The Morgan fingerprint density at radius 3 is 1.55 bits per heavy atom. The van der Waals surface area contributed by atoms with Crippen molar-refractivity contribution < 1.29 is 27.9 Å². The first-order chi connectivity index (χ1) is 15.1. The van der Waals surface area contributed by atoms with Gasteiger partial charge in [-0.1, -0.05) is 6.42 Å². The van der Waals surface area contributed by atoms with Crippen molar-refractivity contribution in [2.45, 2.75) is 32.1 Å². The van der Waals surface area contributed by atoms with Crippen molar-refractivity contribution >= 4 is 33.9 Å². The van der Waals surface area contributed by atoms with Crippen molar-refractivity contribution in [3.05, 3.63) is 71.2 Å². The summed E-state index contributed by atoms with van der Waals surface area (Å²) in [4.78, 5) is 23.3. The summed E-state index contributed by atoms with van der Waals surface area (Å²) in [6.45, 7) is 0. The molecule has 0 atom stereocenters. The molecule has 2 aromatic heterocycles. The van der Waals surface area contributed by atoms with Crippen LogP contribution in [0.4, 0.5) is 0 Å². The molecular formula is C25H24O6. The van der Waals surface area contributed by atoms with Crippen molar-refractivity contribution in [1.29, 1.82) is 0 Å². The van der Waals surface area contributed by atoms with Gasteiger partial charge in [-0.25, -0.2) is 9.59 Å². The van der Waals surface area contributed by atoms with Crippen LogP contribution in [-0.2, 0) is 22.3 Å². The fourth-order valence-electron chi connectivity index (χ4n) is 3.71. The van der Waals surface area contributed by atoms with Crippen LogP contribution < -0.4 is 0 Å². The minimum absolute atomic E-state index is 0.350. The third kappa shape index (κ3) is 4.63. The molecule has 4 aromatic rings. The molecule has 0 saturated heterocycles. The molecule has 0 spiro atoms. The molecular weight excluding hydrogens is 396 g/mol. The number of furan rings is 2. The van der Waals surface area contributed by atoms with Crippen LogP contribution in [0.2, 0.25) is 0 Å². The van der Waals surface area contributed by atoms with E-state index in [9.17, 15) is 9.59 Å². The normalized spacial score (nSPS) is 11.2. The van der Waals surface area contributed by atoms with Gasteiger partial charge in [0.2, 0.25) is 0 Å². The summed E-state index contributed by atoms with van der Waals surface area (Å²) in [6, 6.07) is 14.6. The summed E-state index contributed by atoms with van der Waals surface area (Å²) >= 11 is 0. The van der Waals surface area contributed by atoms with E-state index in [4.69, 9.17) is 18.3 Å². The summed E-state index contributed by atoms with van der Waals surface area (Å²) < 4.78 is 21.3. The highest BCUT2D eigenvalue weighted by Crippen LogP contribution is 2.24. The molecule has 2 heterocycles. The number of unbranched alkanes of at least 4 members (excludes halogenated alkanes) is 2. The second-order valence-corrected chi connectivity index (χ2v) is 7.47. The van der Waals surface area contributed by atoms with E-state index in [0.29, 0.717) is 11.1 Å². The molecule has 0 fully saturated rings. The number of methoxy groups -OCH3 is 2. The lowest BCUT2D eigenvalue weighted by Crippen LogP contribution is -1.99. The molecule has 0 amide bonds. The van der Waals surface area contributed by atoms with Crippen molar-refractivity contribution in [1.82, 2.24) is 0 Å². The quantitative estimate of drug-likeness (QED) is 0.268. The van der Waals surface area contributed by atoms with Crippen molar-refractivity contribution in [2.75, 3.05) is 14.2 Å². The standard InChI is InChI=1S/C25H24O6/c1-28-24(26)16-8-10-22-18(12-16)14-20(30-22)6-4-3-5-7-21-15-19-13-17(25(27)29-2)9-11-23(19)31-21/h8-15H,3-7H2,1-2H3. The predicted octanol–water partition coefficient (Wildman–Crippen LogP) is 5.71. The summed E-state index contributed by atoms with van der Waals surface area (Å²) in [6.07, 6.45) is 4.71. The highest BCUT2D eigenvalue weighted by Gasteiger charge is 2.11. The maximum atomic E-state index is 11.7. The summed E-state index contributed by atoms with van der Waals surface area (Å²) in [7, 11) is 2.75. The Morgan fingerprint density at radius 1 is 0.677 bits per heavy atom. The Kier molecular flexibility index (Phi) is 6.07. The van der Waals surface area contributed by atoms with Gasteiger partial charge in [0.05, 0.1) is 25.3 Å². The van der Waals surface area contributed by atoms with E-state index in [1.165, 1.54) is 14.2 Å². The van der Waals surface area contributed by atoms with Gasteiger partial charge in [0.15, 0.2) is 0 Å². The highest BCUT2D eigenvalue weighted by molar-refractivity contribution is 5.95. The van der Waals surface area contributed by atoms with E-state index in [1.54, 1.807) is 36.4 Å². The lowest BCUT2D eigenvalue weighted by atomic mass is 10.1. The van der Waals surface area contributed by atoms with E-state index in [-0.39, 0.29) is 11.9 Å². The molecule has 2 aromatic carbocycles. The molecule has 0 aliphatic rings. The van der Waals surface area contributed by atoms with Crippen LogP contribution in [0.25, 0.3) is 21.9 Å². The van der Waals surface area contributed by atoms with Crippen LogP contribution in [0.5, 0.6) is 0 Å². The first-order valence-electron chi connectivity index (χ1n) is 10.3. The molecule has 0 radical (unpaired) electrons. The molecule has 4 rings (SSSR count). The lowest BCUT2D eigenvalue weighted by molar-refractivity contribution is 0.0592. The molecule has 0 aliphatic heterocycles. The Balaban J connectivity index is 1.29. The monoisotopic (exact) mass is 420 g/mol. The number of benzene rings is 2. The Morgan fingerprint density at radius 2 is 1.13 bits per heavy atom. The van der Waals surface area contributed by atoms with Crippen LogP contribution in [0.15, 0.2) is 57.4 Å². The number of rotatable bonds is 8. The topological polar surface area (TPSA) is 78.9 Å². The van der Waals surface area contributed by atoms with Crippen molar-refractivity contribution in [2.24, 2.45) is 0 Å². The average Bonchev–Trinajstić information content (AvgIpc) is 3.39. The molecule has 0 saturated carbocycles. The van der Waals surface area contributed by atoms with Crippen LogP contribution in [-0.4, -0.2) is 26.2 Å². The number of carbonyl (C=O) groups excluding carboxylic acids is 2. The Labute approximate surface area is 179 Å². The van der Waals surface area contributed by atoms with Crippen molar-refractivity contribution in [3.63, 3.8) is 0 Å². The molecule has 0 unspecified atom stereocenters. The van der Waals surface area contributed by atoms with Gasteiger partial charge in [-0.2, -0.15) is 0 Å². The number of hydrogen-bond acceptors (Lipinski definition) is 6. The zero-order chi connectivity index (χ0) is 21.8. The smallest absolute Gasteiger partial charge is 0.337 e. The van der Waals surface area contributed by atoms with Crippen LogP contribution in [0, 0.1) is 0 Å². The van der Waals surface area contributed by atoms with E-state index in [1.807, 2.05) is 12.1 Å². The van der Waals surface area contributed by atoms with E-state index in [0.717, 1.165) is 65.6 Å². The number of hydrogen-bond donors (Lipinski definition) is 0. The van der Waals surface area contributed by atoms with E-state index in [2.05, 4.69) is 0 Å². The zero-order valence-electron chi connectivity index (χ0n) is 17.6. The second-order valence-electron chi connectivity index (χ2n) is 7.47. The van der Waals surface area contributed by atoms with Gasteiger partial charge in [0.1, 0.15) is 22.7 Å². The molecule has 0 N–H and O–H groups in total. The van der Waals surface area contributed by atoms with Crippen LogP contribution in [0.3, 0.4) is 0 Å². The average molecular weight is 420 g/mol. The SMILES string of the molecule is COC(=O)c1ccc2oc(CCCCCc3cc4cc(C(=O)OC)ccc4o3)cc2c1. The van der Waals surface area contributed by atoms with Crippen LogP contribution >= 0.6 is 0 Å². The molecule has 0 bridgehead atoms. The fourth-order valence-corrected chi connectivity index (χ4v) is 3.71. The van der Waals surface area contributed by atoms with Gasteiger partial charge in [-0.05, 0) is 61.4 Å². The summed E-state index contributed by atoms with van der Waals surface area (Å²) in [5.41, 5.74) is 2.59. The van der Waals surface area contributed by atoms with Gasteiger partial charge in [-0.15, -0.1) is 0 Å². The lowest BCUT2D eigenvalue weighted by Gasteiger charge is -1.98. The number of ether oxygens (including phenoxy) is 2. The minimum atomic E-state index is -0.350. The number of esters is 2. The van der Waals surface area contributed by atoms with Gasteiger partial charge in [0, 0.05) is 23.6 Å². The van der Waals surface area contributed by atoms with Gasteiger partial charge in [0.25, 0.3) is 0 Å². The van der Waals surface area contributed by atoms with E-state index >= 15 is 0 Å². The first kappa shape index (κ1) is 20.7. The van der Waals surface area contributed by atoms with Gasteiger partial charge < -0.3 is 18.3 Å². The highest BCUT2D eigenvalue weighted by atomic mass is 16.5. The fraction of sp³-hybridized carbons (Fsp3) is 0.280. The number of aryl methyl sites for hydroxylation is 2. The summed E-state index contributed by atoms with van der Waals surface area (Å²) in [5, 5.41) is 1.82. The largest absolute Gasteiger partial charge is 0.465 e. The molecule has 0 aliphatic carbocycles. The Hall–Kier alpha value is -3.54. The molecule has 31 heavy (non-hydrogen) atoms. The van der Waals surface area contributed by atoms with E-state index < -0.39 is 0 Å². The molecule has 160 valence electrons. The van der Waals surface area contributed by atoms with Crippen molar-refractivity contribution in [3.8, 4) is 0 Å². The maximum absolute atomic E-state index is 11.7.